The maximum Gasteiger partial charge on any atom is 0.494 e. The van der Waals surface area contributed by atoms with E-state index in [9.17, 15) is 4.79 Å². The molecule has 1 unspecified atom stereocenters. The third-order valence-electron chi connectivity index (χ3n) is 4.24. The summed E-state index contributed by atoms with van der Waals surface area (Å²) in [6.07, 6.45) is 0. The predicted molar refractivity (Wildman–Crippen MR) is 92.0 cm³/mol. The molecule has 1 heterocycles. The lowest BCUT2D eigenvalue weighted by molar-refractivity contribution is -0.137. The number of esters is 1. The van der Waals surface area contributed by atoms with Crippen molar-refractivity contribution in [1.82, 2.24) is 0 Å². The van der Waals surface area contributed by atoms with Crippen LogP contribution in [0.1, 0.15) is 27.7 Å². The third-order valence-corrected chi connectivity index (χ3v) is 5.74. The molecule has 1 aromatic rings. The Balaban J connectivity index is 2.20. The Morgan fingerprint density at radius 3 is 2.41 bits per heavy atom. The van der Waals surface area contributed by atoms with Crippen molar-refractivity contribution >= 4 is 34.9 Å². The van der Waals surface area contributed by atoms with Gasteiger partial charge in [0.05, 0.1) is 24.1 Å². The lowest BCUT2D eigenvalue weighted by atomic mass is 9.79. The van der Waals surface area contributed by atoms with Gasteiger partial charge in [-0.3, -0.25) is 4.79 Å². The molecule has 6 heteroatoms. The molecule has 1 aliphatic heterocycles. The fraction of sp³-hybridized carbons (Fsp3) is 0.500. The van der Waals surface area contributed by atoms with E-state index in [0.717, 1.165) is 10.4 Å². The first kappa shape index (κ1) is 17.3. The summed E-state index contributed by atoms with van der Waals surface area (Å²) in [6.45, 7) is 8.11. The Morgan fingerprint density at radius 2 is 1.86 bits per heavy atom. The summed E-state index contributed by atoms with van der Waals surface area (Å²) >= 11 is 0. The van der Waals surface area contributed by atoms with E-state index in [1.54, 1.807) is 0 Å². The van der Waals surface area contributed by atoms with Crippen LogP contribution in [0.25, 0.3) is 0 Å². The lowest BCUT2D eigenvalue weighted by Gasteiger charge is -2.32. The molecule has 4 nitrogen and oxygen atoms in total. The minimum atomic E-state index is -0.448. The molecule has 0 aromatic heterocycles. The smallest absolute Gasteiger partial charge is 0.468 e. The number of hydrogen-bond acceptors (Lipinski definition) is 4. The molecule has 0 N–H and O–H groups in total. The van der Waals surface area contributed by atoms with Gasteiger partial charge in [0.2, 0.25) is 0 Å². The summed E-state index contributed by atoms with van der Waals surface area (Å²) in [6, 6.07) is 7.88. The monoisotopic (exact) mass is 322 g/mol. The highest BCUT2D eigenvalue weighted by Crippen LogP contribution is 2.36. The maximum absolute atomic E-state index is 11.4. The zero-order valence-electron chi connectivity index (χ0n) is 13.8. The number of rotatable bonds is 4. The van der Waals surface area contributed by atoms with Gasteiger partial charge in [-0.2, -0.15) is 10.5 Å². The summed E-state index contributed by atoms with van der Waals surface area (Å²) < 4.78 is 16.8. The number of benzene rings is 1. The van der Waals surface area contributed by atoms with Crippen LogP contribution in [0, 0.1) is 0 Å². The Labute approximate surface area is 135 Å². The van der Waals surface area contributed by atoms with E-state index in [1.165, 1.54) is 7.11 Å². The third kappa shape index (κ3) is 3.45. The Morgan fingerprint density at radius 1 is 1.27 bits per heavy atom. The molecule has 0 radical (unpaired) electrons. The quantitative estimate of drug-likeness (QED) is 0.484. The molecule has 0 amide bonds. The summed E-state index contributed by atoms with van der Waals surface area (Å²) in [4.78, 5) is 12.4. The number of carbonyl (C=O) groups excluding carboxylic acids is 1. The lowest BCUT2D eigenvalue weighted by Crippen LogP contribution is -2.41. The molecule has 1 atom stereocenters. The van der Waals surface area contributed by atoms with Crippen LogP contribution in [0.15, 0.2) is 29.2 Å². The van der Waals surface area contributed by atoms with Crippen LogP contribution < -0.4 is 5.46 Å². The van der Waals surface area contributed by atoms with Crippen molar-refractivity contribution in [3.05, 3.63) is 24.3 Å². The first-order chi connectivity index (χ1) is 10.2. The van der Waals surface area contributed by atoms with E-state index in [2.05, 4.69) is 5.87 Å². The van der Waals surface area contributed by atoms with E-state index < -0.39 is 17.6 Å². The first-order valence-electron chi connectivity index (χ1n) is 7.19. The highest BCUT2D eigenvalue weighted by Gasteiger charge is 2.51. The second-order valence-electron chi connectivity index (χ2n) is 6.37. The van der Waals surface area contributed by atoms with Gasteiger partial charge < -0.3 is 14.0 Å². The van der Waals surface area contributed by atoms with E-state index in [1.807, 2.05) is 52.0 Å². The fourth-order valence-electron chi connectivity index (χ4n) is 2.10. The van der Waals surface area contributed by atoms with Crippen LogP contribution in [0.2, 0.25) is 0 Å². The van der Waals surface area contributed by atoms with E-state index in [0.29, 0.717) is 0 Å². The van der Waals surface area contributed by atoms with Crippen molar-refractivity contribution in [2.45, 2.75) is 43.8 Å². The summed E-state index contributed by atoms with van der Waals surface area (Å²) in [5.74, 6) is 4.10. The number of methoxy groups -OCH3 is 1. The van der Waals surface area contributed by atoms with Gasteiger partial charge >= 0.3 is 13.1 Å². The van der Waals surface area contributed by atoms with Crippen molar-refractivity contribution in [2.75, 3.05) is 12.9 Å². The molecule has 2 rings (SSSR count). The average molecular weight is 322 g/mol. The SMILES string of the molecule is C=S(CC(=O)OC)c1cccc(B2OC(C)(C)C(C)(C)O2)c1. The number of carbonyl (C=O) groups is 1. The van der Waals surface area contributed by atoms with Crippen LogP contribution in [0.3, 0.4) is 0 Å². The van der Waals surface area contributed by atoms with Crippen molar-refractivity contribution in [3.63, 3.8) is 0 Å². The highest BCUT2D eigenvalue weighted by atomic mass is 32.2. The van der Waals surface area contributed by atoms with Gasteiger partial charge in [-0.15, -0.1) is 0 Å². The fourth-order valence-corrected chi connectivity index (χ4v) is 3.25. The summed E-state index contributed by atoms with van der Waals surface area (Å²) in [5, 5.41) is 0. The van der Waals surface area contributed by atoms with E-state index in [-0.39, 0.29) is 22.9 Å². The van der Waals surface area contributed by atoms with E-state index in [4.69, 9.17) is 14.0 Å². The molecule has 1 fully saturated rings. The largest absolute Gasteiger partial charge is 0.494 e. The standard InChI is InChI=1S/C16H23BO4S/c1-15(2)16(3,4)21-17(20-15)12-8-7-9-13(10-12)22(6)11-14(18)19-5/h7-10H,6,11H2,1-5H3. The van der Waals surface area contributed by atoms with Crippen molar-refractivity contribution < 1.29 is 18.8 Å². The molecular weight excluding hydrogens is 299 g/mol. The van der Waals surface area contributed by atoms with Crippen molar-refractivity contribution in [2.24, 2.45) is 0 Å². The van der Waals surface area contributed by atoms with Gasteiger partial charge in [0.1, 0.15) is 0 Å². The Bertz CT molecular complexity index is 582. The molecule has 1 aliphatic rings. The molecule has 0 aliphatic carbocycles. The Hall–Kier alpha value is -1.11. The number of ether oxygens (including phenoxy) is 1. The van der Waals surface area contributed by atoms with Crippen LogP contribution in [0.5, 0.6) is 0 Å². The zero-order valence-corrected chi connectivity index (χ0v) is 14.7. The maximum atomic E-state index is 11.4. The number of hydrogen-bond donors (Lipinski definition) is 0. The predicted octanol–water partition coefficient (Wildman–Crippen LogP) is 2.22. The van der Waals surface area contributed by atoms with Crippen LogP contribution in [-0.4, -0.2) is 43.0 Å². The summed E-state index contributed by atoms with van der Waals surface area (Å²) in [5.41, 5.74) is 0.208. The molecule has 120 valence electrons. The normalized spacial score (nSPS) is 20.7. The van der Waals surface area contributed by atoms with Crippen LogP contribution >= 0.6 is 10.5 Å². The van der Waals surface area contributed by atoms with E-state index >= 15 is 0 Å². The second-order valence-corrected chi connectivity index (χ2v) is 8.12. The van der Waals surface area contributed by atoms with Crippen LogP contribution in [-0.2, 0) is 18.8 Å². The molecule has 1 aromatic carbocycles. The molecule has 0 saturated carbocycles. The zero-order chi connectivity index (χ0) is 16.5. The molecular formula is C16H23BO4S. The van der Waals surface area contributed by atoms with Gasteiger partial charge in [-0.05, 0) is 45.3 Å². The second kappa shape index (κ2) is 6.18. The minimum absolute atomic E-state index is 0.251. The molecule has 0 spiro atoms. The van der Waals surface area contributed by atoms with Gasteiger partial charge in [-0.1, -0.05) is 18.0 Å². The minimum Gasteiger partial charge on any atom is -0.468 e. The van der Waals surface area contributed by atoms with Crippen molar-refractivity contribution in [1.29, 1.82) is 0 Å². The van der Waals surface area contributed by atoms with Gasteiger partial charge in [0.25, 0.3) is 0 Å². The van der Waals surface area contributed by atoms with Gasteiger partial charge in [0, 0.05) is 4.90 Å². The molecule has 1 saturated heterocycles. The average Bonchev–Trinajstić information content (AvgIpc) is 2.67. The highest BCUT2D eigenvalue weighted by molar-refractivity contribution is 8.14. The van der Waals surface area contributed by atoms with Crippen LogP contribution in [0.4, 0.5) is 0 Å². The first-order valence-corrected chi connectivity index (χ1v) is 8.75. The Kier molecular flexibility index (Phi) is 4.85. The van der Waals surface area contributed by atoms with Crippen molar-refractivity contribution in [3.8, 4) is 0 Å². The molecule has 0 bridgehead atoms. The summed E-state index contributed by atoms with van der Waals surface area (Å²) in [7, 11) is 0.539. The van der Waals surface area contributed by atoms with Gasteiger partial charge in [0.15, 0.2) is 0 Å². The molecule has 22 heavy (non-hydrogen) atoms. The topological polar surface area (TPSA) is 44.8 Å². The van der Waals surface area contributed by atoms with Gasteiger partial charge in [-0.25, -0.2) is 0 Å².